The molecule has 0 aliphatic heterocycles. The van der Waals surface area contributed by atoms with Gasteiger partial charge in [-0.1, -0.05) is 164 Å². The van der Waals surface area contributed by atoms with Gasteiger partial charge in [-0.3, -0.25) is 4.99 Å². The first-order valence-electron chi connectivity index (χ1n) is 20.7. The van der Waals surface area contributed by atoms with Gasteiger partial charge in [-0.2, -0.15) is 0 Å². The summed E-state index contributed by atoms with van der Waals surface area (Å²) < 4.78 is 2.43. The fourth-order valence-corrected chi connectivity index (χ4v) is 10.2. The van der Waals surface area contributed by atoms with Gasteiger partial charge >= 0.3 is 0 Å². The highest BCUT2D eigenvalue weighted by molar-refractivity contribution is 6.13. The van der Waals surface area contributed by atoms with Crippen LogP contribution in [-0.2, 0) is 13.0 Å². The van der Waals surface area contributed by atoms with Crippen LogP contribution < -0.4 is 0 Å². The Hall–Kier alpha value is -6.77. The normalized spacial score (nSPS) is 18.0. The molecule has 58 heavy (non-hydrogen) atoms. The molecule has 2 heteroatoms. The number of rotatable bonds is 7. The lowest BCUT2D eigenvalue weighted by Crippen LogP contribution is -2.25. The second-order valence-corrected chi connectivity index (χ2v) is 16.2. The van der Waals surface area contributed by atoms with Crippen molar-refractivity contribution in [1.82, 2.24) is 4.57 Å². The number of fused-ring (bicyclic) bond motifs is 8. The van der Waals surface area contributed by atoms with E-state index in [1.807, 2.05) is 0 Å². The van der Waals surface area contributed by atoms with E-state index < -0.39 is 0 Å². The van der Waals surface area contributed by atoms with E-state index in [9.17, 15) is 0 Å². The Balaban J connectivity index is 0.966. The fourth-order valence-electron chi connectivity index (χ4n) is 10.2. The minimum absolute atomic E-state index is 0.407. The minimum atomic E-state index is 0.407. The van der Waals surface area contributed by atoms with Gasteiger partial charge in [0.25, 0.3) is 0 Å². The van der Waals surface area contributed by atoms with Crippen molar-refractivity contribution in [2.24, 2.45) is 10.9 Å². The van der Waals surface area contributed by atoms with Crippen LogP contribution in [0.3, 0.4) is 0 Å². The van der Waals surface area contributed by atoms with Crippen LogP contribution in [0.25, 0.3) is 54.6 Å². The molecule has 278 valence electrons. The van der Waals surface area contributed by atoms with E-state index in [1.165, 1.54) is 82.4 Å². The van der Waals surface area contributed by atoms with Gasteiger partial charge in [0, 0.05) is 22.4 Å². The maximum absolute atomic E-state index is 5.15. The van der Waals surface area contributed by atoms with Crippen LogP contribution in [0.4, 0.5) is 0 Å². The number of nitrogens with zero attached hydrogens (tertiary/aromatic N) is 2. The second kappa shape index (κ2) is 14.3. The molecule has 0 N–H and O–H groups in total. The molecule has 1 aromatic heterocycles. The van der Waals surface area contributed by atoms with Crippen LogP contribution in [0, 0.1) is 5.92 Å². The summed E-state index contributed by atoms with van der Waals surface area (Å²) in [6.07, 6.45) is 9.39. The summed E-state index contributed by atoms with van der Waals surface area (Å²) in [5.74, 6) is 1.37. The maximum atomic E-state index is 5.15. The summed E-state index contributed by atoms with van der Waals surface area (Å²) in [5.41, 5.74) is 14.0. The zero-order chi connectivity index (χ0) is 38.6. The third-order valence-corrected chi connectivity index (χ3v) is 12.9. The van der Waals surface area contributed by atoms with E-state index in [-0.39, 0.29) is 0 Å². The van der Waals surface area contributed by atoms with Crippen molar-refractivity contribution in [1.29, 1.82) is 0 Å². The monoisotopic (exact) mass is 744 g/mol. The first-order valence-corrected chi connectivity index (χ1v) is 20.7. The molecule has 0 radical (unpaired) electrons. The van der Waals surface area contributed by atoms with Gasteiger partial charge in [0.1, 0.15) is 0 Å². The topological polar surface area (TPSA) is 17.3 Å². The minimum Gasteiger partial charge on any atom is -0.309 e. The Bertz CT molecular complexity index is 3050. The molecule has 1 heterocycles. The molecule has 0 saturated carbocycles. The molecule has 3 unspecified atom stereocenters. The SMILES string of the molecule is C/C(=C\C(=NCc1ccccc1)c1ccccc1)c1ccc(C2Cc3cc4ccc(-n5c6ccccc6c6ccccc65)cc4cc3C3C=CCC32)c2ccccc12. The Morgan fingerprint density at radius 1 is 0.621 bits per heavy atom. The molecule has 9 aromatic rings. The summed E-state index contributed by atoms with van der Waals surface area (Å²) in [6, 6.07) is 64.7. The predicted molar refractivity (Wildman–Crippen MR) is 245 cm³/mol. The Morgan fingerprint density at radius 3 is 2.05 bits per heavy atom. The van der Waals surface area contributed by atoms with Gasteiger partial charge in [-0.15, -0.1) is 0 Å². The van der Waals surface area contributed by atoms with Crippen LogP contribution in [-0.4, -0.2) is 10.3 Å². The van der Waals surface area contributed by atoms with Gasteiger partial charge in [0.05, 0.1) is 23.3 Å². The van der Waals surface area contributed by atoms with Crippen LogP contribution in [0.1, 0.15) is 58.6 Å². The predicted octanol–water partition coefficient (Wildman–Crippen LogP) is 14.2. The van der Waals surface area contributed by atoms with Crippen LogP contribution in [0.5, 0.6) is 0 Å². The van der Waals surface area contributed by atoms with Crippen molar-refractivity contribution in [3.8, 4) is 5.69 Å². The average Bonchev–Trinajstić information content (AvgIpc) is 3.91. The number of allylic oxidation sites excluding steroid dienone is 4. The highest BCUT2D eigenvalue weighted by Crippen LogP contribution is 2.52. The average molecular weight is 745 g/mol. The van der Waals surface area contributed by atoms with Crippen molar-refractivity contribution in [2.75, 3.05) is 0 Å². The van der Waals surface area contributed by atoms with Crippen molar-refractivity contribution in [3.63, 3.8) is 0 Å². The zero-order valence-corrected chi connectivity index (χ0v) is 32.7. The van der Waals surface area contributed by atoms with E-state index in [0.29, 0.717) is 24.3 Å². The van der Waals surface area contributed by atoms with Gasteiger partial charge in [-0.25, -0.2) is 0 Å². The number of aliphatic imine (C=N–C) groups is 1. The molecule has 3 atom stereocenters. The smallest absolute Gasteiger partial charge is 0.0653 e. The largest absolute Gasteiger partial charge is 0.309 e. The van der Waals surface area contributed by atoms with Crippen molar-refractivity contribution >= 4 is 54.6 Å². The molecule has 0 amide bonds. The lowest BCUT2D eigenvalue weighted by atomic mass is 9.67. The van der Waals surface area contributed by atoms with Crippen molar-refractivity contribution in [3.05, 3.63) is 228 Å². The third kappa shape index (κ3) is 5.91. The second-order valence-electron chi connectivity index (χ2n) is 16.2. The first kappa shape index (κ1) is 34.5. The molecule has 11 rings (SSSR count). The van der Waals surface area contributed by atoms with E-state index in [1.54, 1.807) is 0 Å². The van der Waals surface area contributed by atoms with Gasteiger partial charge in [-0.05, 0) is 122 Å². The molecule has 0 fully saturated rings. The summed E-state index contributed by atoms with van der Waals surface area (Å²) >= 11 is 0. The van der Waals surface area contributed by atoms with Crippen LogP contribution in [0.2, 0.25) is 0 Å². The molecule has 0 saturated heterocycles. The van der Waals surface area contributed by atoms with Crippen molar-refractivity contribution < 1.29 is 0 Å². The van der Waals surface area contributed by atoms with Crippen LogP contribution in [0.15, 0.2) is 199 Å². The number of hydrogen-bond acceptors (Lipinski definition) is 1. The highest BCUT2D eigenvalue weighted by Gasteiger charge is 2.39. The molecule has 0 spiro atoms. The van der Waals surface area contributed by atoms with Gasteiger partial charge in [0.2, 0.25) is 0 Å². The Labute approximate surface area is 340 Å². The van der Waals surface area contributed by atoms with E-state index in [0.717, 1.165) is 24.1 Å². The third-order valence-electron chi connectivity index (χ3n) is 12.9. The summed E-state index contributed by atoms with van der Waals surface area (Å²) in [5, 5.41) is 7.90. The van der Waals surface area contributed by atoms with Gasteiger partial charge in [0.15, 0.2) is 0 Å². The molecule has 8 aromatic carbocycles. The number of aromatic nitrogens is 1. The lowest BCUT2D eigenvalue weighted by molar-refractivity contribution is 0.384. The zero-order valence-electron chi connectivity index (χ0n) is 32.7. The molecule has 2 aliphatic rings. The highest BCUT2D eigenvalue weighted by atomic mass is 15.0. The standard InChI is InChI=1S/C56H44N2/c1-37(31-54(39-17-6-3-7-18-39)57-36-38-15-4-2-5-16-38)44-29-30-49(46-20-9-8-19-45(44)46)53-35-42-32-40-27-28-43(33-41(40)34-52(42)47-23-14-24-48(47)53)58-55-25-12-10-21-50(55)51-22-11-13-26-56(51)58/h2-23,25-34,47-48,53H,24,35-36H2,1H3/b37-31+,57-54?. The van der Waals surface area contributed by atoms with Crippen LogP contribution >= 0.6 is 0 Å². The number of benzene rings is 8. The number of hydrogen-bond donors (Lipinski definition) is 0. The lowest BCUT2D eigenvalue weighted by Gasteiger charge is -2.37. The summed E-state index contributed by atoms with van der Waals surface area (Å²) in [4.78, 5) is 5.15. The van der Waals surface area contributed by atoms with E-state index in [2.05, 4.69) is 206 Å². The molecular formula is C56H44N2. The van der Waals surface area contributed by atoms with E-state index >= 15 is 0 Å². The molecule has 2 nitrogen and oxygen atoms in total. The quantitative estimate of drug-likeness (QED) is 0.114. The molecule has 0 bridgehead atoms. The Morgan fingerprint density at radius 2 is 1.29 bits per heavy atom. The molecular weight excluding hydrogens is 701 g/mol. The molecule has 2 aliphatic carbocycles. The van der Waals surface area contributed by atoms with Gasteiger partial charge < -0.3 is 4.57 Å². The maximum Gasteiger partial charge on any atom is 0.0653 e. The summed E-state index contributed by atoms with van der Waals surface area (Å²) in [6.45, 7) is 2.89. The summed E-state index contributed by atoms with van der Waals surface area (Å²) in [7, 11) is 0. The first-order chi connectivity index (χ1) is 28.7. The van der Waals surface area contributed by atoms with Crippen molar-refractivity contribution in [2.45, 2.75) is 38.1 Å². The number of para-hydroxylation sites is 2. The Kier molecular flexibility index (Phi) is 8.51. The fraction of sp³-hybridized carbons (Fsp3) is 0.125. The van der Waals surface area contributed by atoms with E-state index in [4.69, 9.17) is 4.99 Å².